The Morgan fingerprint density at radius 1 is 1.50 bits per heavy atom. The summed E-state index contributed by atoms with van der Waals surface area (Å²) in [6.07, 6.45) is 5.74. The van der Waals surface area contributed by atoms with Crippen molar-refractivity contribution < 1.29 is 4.74 Å². The molecule has 1 N–H and O–H groups in total. The molecule has 0 spiro atoms. The van der Waals surface area contributed by atoms with Gasteiger partial charge in [-0.25, -0.2) is 4.98 Å². The number of thiazole rings is 1. The minimum atomic E-state index is 0.534. The molecule has 3 nitrogen and oxygen atoms in total. The Morgan fingerprint density at radius 3 is 3.00 bits per heavy atom. The molecule has 0 amide bonds. The molecule has 1 aromatic rings. The Morgan fingerprint density at radius 2 is 2.31 bits per heavy atom. The summed E-state index contributed by atoms with van der Waals surface area (Å²) in [4.78, 5) is 5.56. The second kappa shape index (κ2) is 6.33. The first kappa shape index (κ1) is 12.0. The lowest BCUT2D eigenvalue weighted by atomic mass is 10.3. The van der Waals surface area contributed by atoms with E-state index in [1.807, 2.05) is 5.51 Å². The van der Waals surface area contributed by atoms with Gasteiger partial charge in [0.25, 0.3) is 0 Å². The van der Waals surface area contributed by atoms with Gasteiger partial charge in [0.15, 0.2) is 0 Å². The maximum Gasteiger partial charge on any atom is 0.0798 e. The number of hydrogen-bond acceptors (Lipinski definition) is 4. The maximum atomic E-state index is 5.78. The van der Waals surface area contributed by atoms with Crippen LogP contribution in [0.3, 0.4) is 0 Å². The van der Waals surface area contributed by atoms with Crippen LogP contribution in [0.1, 0.15) is 36.3 Å². The fraction of sp³-hybridized carbons (Fsp3) is 0.750. The summed E-state index contributed by atoms with van der Waals surface area (Å²) < 4.78 is 5.78. The first-order chi connectivity index (χ1) is 7.86. The molecule has 0 aliphatic heterocycles. The monoisotopic (exact) mass is 240 g/mol. The minimum Gasteiger partial charge on any atom is -0.377 e. The highest BCUT2D eigenvalue weighted by molar-refractivity contribution is 7.09. The van der Waals surface area contributed by atoms with Gasteiger partial charge in [-0.05, 0) is 19.8 Å². The number of ether oxygens (including phenoxy) is 1. The summed E-state index contributed by atoms with van der Waals surface area (Å²) in [5.74, 6) is 0. The average molecular weight is 240 g/mol. The Balaban J connectivity index is 1.53. The van der Waals surface area contributed by atoms with Gasteiger partial charge < -0.3 is 10.1 Å². The lowest BCUT2D eigenvalue weighted by molar-refractivity contribution is 0.0603. The van der Waals surface area contributed by atoms with E-state index in [1.54, 1.807) is 11.3 Å². The standard InChI is InChI=1S/C12H20N2OS/c1-10-12(16-9-14-10)8-13-6-7-15-11-4-2-3-5-11/h9,11,13H,2-8H2,1H3. The highest BCUT2D eigenvalue weighted by atomic mass is 32.1. The van der Waals surface area contributed by atoms with Crippen molar-refractivity contribution in [2.45, 2.75) is 45.3 Å². The van der Waals surface area contributed by atoms with Crippen LogP contribution in [-0.2, 0) is 11.3 Å². The number of aryl methyl sites for hydroxylation is 1. The minimum absolute atomic E-state index is 0.534. The number of nitrogens with zero attached hydrogens (tertiary/aromatic N) is 1. The fourth-order valence-electron chi connectivity index (χ4n) is 2.05. The summed E-state index contributed by atoms with van der Waals surface area (Å²) in [7, 11) is 0. The van der Waals surface area contributed by atoms with Gasteiger partial charge in [-0.3, -0.25) is 0 Å². The second-order valence-corrected chi connectivity index (χ2v) is 5.25. The Kier molecular flexibility index (Phi) is 4.75. The molecular weight excluding hydrogens is 220 g/mol. The van der Waals surface area contributed by atoms with Crippen molar-refractivity contribution in [3.63, 3.8) is 0 Å². The first-order valence-electron chi connectivity index (χ1n) is 6.07. The molecule has 1 aliphatic carbocycles. The van der Waals surface area contributed by atoms with Crippen LogP contribution in [0, 0.1) is 6.92 Å². The largest absolute Gasteiger partial charge is 0.377 e. The molecule has 1 aromatic heterocycles. The molecule has 1 heterocycles. The summed E-state index contributed by atoms with van der Waals surface area (Å²) in [5, 5.41) is 3.40. The van der Waals surface area contributed by atoms with Gasteiger partial charge in [-0.15, -0.1) is 11.3 Å². The van der Waals surface area contributed by atoms with Crippen molar-refractivity contribution >= 4 is 11.3 Å². The smallest absolute Gasteiger partial charge is 0.0798 e. The third-order valence-corrected chi connectivity index (χ3v) is 4.00. The highest BCUT2D eigenvalue weighted by Crippen LogP contribution is 2.20. The van der Waals surface area contributed by atoms with Gasteiger partial charge >= 0.3 is 0 Å². The molecule has 90 valence electrons. The molecule has 4 heteroatoms. The second-order valence-electron chi connectivity index (χ2n) is 4.31. The molecule has 0 atom stereocenters. The predicted molar refractivity (Wildman–Crippen MR) is 66.8 cm³/mol. The van der Waals surface area contributed by atoms with E-state index < -0.39 is 0 Å². The lowest BCUT2D eigenvalue weighted by Gasteiger charge is -2.11. The van der Waals surface area contributed by atoms with Crippen LogP contribution in [0.2, 0.25) is 0 Å². The third-order valence-electron chi connectivity index (χ3n) is 3.07. The molecule has 0 unspecified atom stereocenters. The van der Waals surface area contributed by atoms with Crippen molar-refractivity contribution in [3.8, 4) is 0 Å². The number of hydrogen-bond donors (Lipinski definition) is 1. The molecule has 1 aliphatic rings. The van der Waals surface area contributed by atoms with Gasteiger partial charge in [0.1, 0.15) is 0 Å². The topological polar surface area (TPSA) is 34.2 Å². The summed E-state index contributed by atoms with van der Waals surface area (Å²) in [6.45, 7) is 4.75. The Hall–Kier alpha value is -0.450. The van der Waals surface area contributed by atoms with Gasteiger partial charge in [-0.1, -0.05) is 12.8 Å². The van der Waals surface area contributed by atoms with E-state index in [0.29, 0.717) is 6.10 Å². The molecule has 1 saturated carbocycles. The van der Waals surface area contributed by atoms with Crippen molar-refractivity contribution in [2.75, 3.05) is 13.2 Å². The van der Waals surface area contributed by atoms with E-state index in [0.717, 1.165) is 25.4 Å². The molecule has 0 aromatic carbocycles. The Labute approximate surface area is 101 Å². The third kappa shape index (κ3) is 3.54. The summed E-state index contributed by atoms with van der Waals surface area (Å²) in [5.41, 5.74) is 3.05. The molecule has 0 saturated heterocycles. The molecule has 0 radical (unpaired) electrons. The van der Waals surface area contributed by atoms with Crippen LogP contribution in [0.15, 0.2) is 5.51 Å². The first-order valence-corrected chi connectivity index (χ1v) is 6.95. The predicted octanol–water partition coefficient (Wildman–Crippen LogP) is 2.50. The lowest BCUT2D eigenvalue weighted by Crippen LogP contribution is -2.21. The highest BCUT2D eigenvalue weighted by Gasteiger charge is 2.14. The van der Waals surface area contributed by atoms with Gasteiger partial charge in [-0.2, -0.15) is 0 Å². The zero-order valence-corrected chi connectivity index (χ0v) is 10.7. The number of aromatic nitrogens is 1. The molecule has 16 heavy (non-hydrogen) atoms. The van der Waals surface area contributed by atoms with E-state index in [4.69, 9.17) is 4.74 Å². The van der Waals surface area contributed by atoms with E-state index in [9.17, 15) is 0 Å². The van der Waals surface area contributed by atoms with Crippen molar-refractivity contribution in [3.05, 3.63) is 16.1 Å². The normalized spacial score (nSPS) is 17.1. The summed E-state index contributed by atoms with van der Waals surface area (Å²) in [6, 6.07) is 0. The number of nitrogens with one attached hydrogen (secondary N) is 1. The SMILES string of the molecule is Cc1ncsc1CNCCOC1CCCC1. The van der Waals surface area contributed by atoms with Crippen molar-refractivity contribution in [2.24, 2.45) is 0 Å². The fourth-order valence-corrected chi connectivity index (χ4v) is 2.80. The van der Waals surface area contributed by atoms with Crippen LogP contribution in [-0.4, -0.2) is 24.2 Å². The van der Waals surface area contributed by atoms with E-state index >= 15 is 0 Å². The molecule has 0 bridgehead atoms. The average Bonchev–Trinajstić information content (AvgIpc) is 2.90. The van der Waals surface area contributed by atoms with Crippen LogP contribution >= 0.6 is 11.3 Å². The van der Waals surface area contributed by atoms with Crippen LogP contribution in [0.25, 0.3) is 0 Å². The van der Waals surface area contributed by atoms with E-state index in [2.05, 4.69) is 17.2 Å². The zero-order valence-electron chi connectivity index (χ0n) is 9.87. The van der Waals surface area contributed by atoms with Gasteiger partial charge in [0.05, 0.1) is 23.9 Å². The van der Waals surface area contributed by atoms with E-state index in [-0.39, 0.29) is 0 Å². The van der Waals surface area contributed by atoms with Crippen molar-refractivity contribution in [1.82, 2.24) is 10.3 Å². The molecular formula is C12H20N2OS. The van der Waals surface area contributed by atoms with Crippen LogP contribution in [0.4, 0.5) is 0 Å². The summed E-state index contributed by atoms with van der Waals surface area (Å²) >= 11 is 1.72. The zero-order chi connectivity index (χ0) is 11.2. The molecule has 1 fully saturated rings. The number of rotatable bonds is 6. The molecule has 2 rings (SSSR count). The van der Waals surface area contributed by atoms with E-state index in [1.165, 1.54) is 30.6 Å². The van der Waals surface area contributed by atoms with Crippen molar-refractivity contribution in [1.29, 1.82) is 0 Å². The Bertz CT molecular complexity index is 308. The van der Waals surface area contributed by atoms with Gasteiger partial charge in [0, 0.05) is 18.0 Å². The van der Waals surface area contributed by atoms with Crippen LogP contribution in [0.5, 0.6) is 0 Å². The van der Waals surface area contributed by atoms with Gasteiger partial charge in [0.2, 0.25) is 0 Å². The maximum absolute atomic E-state index is 5.78. The quantitative estimate of drug-likeness (QED) is 0.776. The van der Waals surface area contributed by atoms with Crippen LogP contribution < -0.4 is 5.32 Å².